The third-order valence-electron chi connectivity index (χ3n) is 2.82. The fraction of sp³-hybridized carbons (Fsp3) is 0.500. The topological polar surface area (TPSA) is 62.3 Å². The van der Waals surface area contributed by atoms with Gasteiger partial charge in [-0.2, -0.15) is 0 Å². The number of amides is 2. The lowest BCUT2D eigenvalue weighted by atomic mass is 10.2. The number of hydrogen-bond donors (Lipinski definition) is 1. The number of nitrogens with one attached hydrogen (secondary N) is 1. The Kier molecular flexibility index (Phi) is 6.57. The lowest BCUT2D eigenvalue weighted by Gasteiger charge is -2.20. The predicted octanol–water partition coefficient (Wildman–Crippen LogP) is 1.46. The third-order valence-corrected chi connectivity index (χ3v) is 2.82. The van der Waals surface area contributed by atoms with Crippen LogP contribution in [0.3, 0.4) is 0 Å². The van der Waals surface area contributed by atoms with Crippen molar-refractivity contribution in [2.45, 2.75) is 26.7 Å². The first-order valence-electron chi connectivity index (χ1n) is 6.59. The summed E-state index contributed by atoms with van der Waals surface area (Å²) in [6, 6.07) is 3.43. The SMILES string of the molecule is CCCCN(CCNC(=O)c1cccnc1)C(C)=O. The van der Waals surface area contributed by atoms with Crippen LogP contribution in [0.15, 0.2) is 24.5 Å². The van der Waals surface area contributed by atoms with Crippen LogP contribution in [0.1, 0.15) is 37.0 Å². The lowest BCUT2D eigenvalue weighted by molar-refractivity contribution is -0.128. The molecule has 0 bridgehead atoms. The van der Waals surface area contributed by atoms with E-state index in [0.29, 0.717) is 18.7 Å². The van der Waals surface area contributed by atoms with Crippen molar-refractivity contribution in [1.29, 1.82) is 0 Å². The van der Waals surface area contributed by atoms with Gasteiger partial charge >= 0.3 is 0 Å². The van der Waals surface area contributed by atoms with E-state index in [2.05, 4.69) is 17.2 Å². The van der Waals surface area contributed by atoms with E-state index in [9.17, 15) is 9.59 Å². The number of carbonyl (C=O) groups excluding carboxylic acids is 2. The molecule has 0 saturated carbocycles. The molecule has 2 amide bonds. The fourth-order valence-corrected chi connectivity index (χ4v) is 1.68. The fourth-order valence-electron chi connectivity index (χ4n) is 1.68. The van der Waals surface area contributed by atoms with Crippen LogP contribution >= 0.6 is 0 Å². The summed E-state index contributed by atoms with van der Waals surface area (Å²) in [5, 5.41) is 2.79. The molecule has 104 valence electrons. The van der Waals surface area contributed by atoms with Crippen LogP contribution in [-0.2, 0) is 4.79 Å². The Morgan fingerprint density at radius 2 is 2.16 bits per heavy atom. The van der Waals surface area contributed by atoms with E-state index in [1.54, 1.807) is 30.2 Å². The van der Waals surface area contributed by atoms with Crippen LogP contribution in [-0.4, -0.2) is 41.3 Å². The van der Waals surface area contributed by atoms with Gasteiger partial charge in [-0.3, -0.25) is 14.6 Å². The standard InChI is InChI=1S/C14H21N3O2/c1-3-4-9-17(12(2)18)10-8-16-14(19)13-6-5-7-15-11-13/h5-7,11H,3-4,8-10H2,1-2H3,(H,16,19). The van der Waals surface area contributed by atoms with Crippen LogP contribution in [0, 0.1) is 0 Å². The molecule has 0 aliphatic carbocycles. The van der Waals surface area contributed by atoms with Crippen LogP contribution in [0.25, 0.3) is 0 Å². The van der Waals surface area contributed by atoms with Crippen molar-refractivity contribution < 1.29 is 9.59 Å². The zero-order valence-corrected chi connectivity index (χ0v) is 11.6. The van der Waals surface area contributed by atoms with Crippen LogP contribution in [0.2, 0.25) is 0 Å². The van der Waals surface area contributed by atoms with Gasteiger partial charge in [-0.05, 0) is 18.6 Å². The summed E-state index contributed by atoms with van der Waals surface area (Å²) in [6.45, 7) is 5.38. The van der Waals surface area contributed by atoms with Gasteiger partial charge in [-0.15, -0.1) is 0 Å². The average Bonchev–Trinajstić information content (AvgIpc) is 2.43. The van der Waals surface area contributed by atoms with Crippen molar-refractivity contribution in [2.75, 3.05) is 19.6 Å². The average molecular weight is 263 g/mol. The molecule has 1 N–H and O–H groups in total. The van der Waals surface area contributed by atoms with Gasteiger partial charge in [-0.25, -0.2) is 0 Å². The van der Waals surface area contributed by atoms with Crippen LogP contribution < -0.4 is 5.32 Å². The maximum absolute atomic E-state index is 11.8. The Morgan fingerprint density at radius 1 is 1.37 bits per heavy atom. The minimum absolute atomic E-state index is 0.0454. The van der Waals surface area contributed by atoms with Crippen molar-refractivity contribution >= 4 is 11.8 Å². The highest BCUT2D eigenvalue weighted by molar-refractivity contribution is 5.93. The monoisotopic (exact) mass is 263 g/mol. The molecule has 1 heterocycles. The Bertz CT molecular complexity index is 406. The number of unbranched alkanes of at least 4 members (excludes halogenated alkanes) is 1. The van der Waals surface area contributed by atoms with Gasteiger partial charge in [0.25, 0.3) is 5.91 Å². The highest BCUT2D eigenvalue weighted by atomic mass is 16.2. The van der Waals surface area contributed by atoms with Crippen LogP contribution in [0.4, 0.5) is 0 Å². The van der Waals surface area contributed by atoms with Crippen molar-refractivity contribution in [3.05, 3.63) is 30.1 Å². The summed E-state index contributed by atoms with van der Waals surface area (Å²) < 4.78 is 0. The normalized spacial score (nSPS) is 10.0. The van der Waals surface area contributed by atoms with Gasteiger partial charge in [0.05, 0.1) is 5.56 Å². The van der Waals surface area contributed by atoms with Crippen molar-refractivity contribution in [3.63, 3.8) is 0 Å². The zero-order chi connectivity index (χ0) is 14.1. The van der Waals surface area contributed by atoms with E-state index in [0.717, 1.165) is 19.4 Å². The number of aromatic nitrogens is 1. The summed E-state index contributed by atoms with van der Waals surface area (Å²) in [6.07, 6.45) is 5.18. The number of nitrogens with zero attached hydrogens (tertiary/aromatic N) is 2. The summed E-state index contributed by atoms with van der Waals surface area (Å²) in [5.41, 5.74) is 0.533. The minimum atomic E-state index is -0.160. The molecule has 0 atom stereocenters. The lowest BCUT2D eigenvalue weighted by Crippen LogP contribution is -2.38. The molecular weight excluding hydrogens is 242 g/mol. The summed E-state index contributed by atoms with van der Waals surface area (Å²) in [5.74, 6) is -0.115. The van der Waals surface area contributed by atoms with Crippen molar-refractivity contribution in [3.8, 4) is 0 Å². The highest BCUT2D eigenvalue weighted by Crippen LogP contribution is 1.97. The van der Waals surface area contributed by atoms with E-state index in [1.165, 1.54) is 6.20 Å². The van der Waals surface area contributed by atoms with E-state index in [-0.39, 0.29) is 11.8 Å². The number of hydrogen-bond acceptors (Lipinski definition) is 3. The molecule has 5 heteroatoms. The Labute approximate surface area is 114 Å². The first-order chi connectivity index (χ1) is 9.15. The molecule has 1 aromatic heterocycles. The third kappa shape index (κ3) is 5.50. The molecular formula is C14H21N3O2. The van der Waals surface area contributed by atoms with Gasteiger partial charge in [-0.1, -0.05) is 13.3 Å². The van der Waals surface area contributed by atoms with E-state index < -0.39 is 0 Å². The van der Waals surface area contributed by atoms with Gasteiger partial charge < -0.3 is 10.2 Å². The van der Waals surface area contributed by atoms with E-state index in [1.807, 2.05) is 0 Å². The largest absolute Gasteiger partial charge is 0.350 e. The maximum atomic E-state index is 11.8. The molecule has 0 radical (unpaired) electrons. The summed E-state index contributed by atoms with van der Waals surface area (Å²) >= 11 is 0. The molecule has 5 nitrogen and oxygen atoms in total. The molecule has 0 spiro atoms. The van der Waals surface area contributed by atoms with Gasteiger partial charge in [0.2, 0.25) is 5.91 Å². The zero-order valence-electron chi connectivity index (χ0n) is 11.6. The molecule has 1 rings (SSSR count). The molecule has 0 fully saturated rings. The molecule has 0 aromatic carbocycles. The first kappa shape index (κ1) is 15.1. The van der Waals surface area contributed by atoms with Crippen LogP contribution in [0.5, 0.6) is 0 Å². The predicted molar refractivity (Wildman–Crippen MR) is 73.7 cm³/mol. The second-order valence-electron chi connectivity index (χ2n) is 4.36. The summed E-state index contributed by atoms with van der Waals surface area (Å²) in [4.78, 5) is 28.8. The maximum Gasteiger partial charge on any atom is 0.252 e. The minimum Gasteiger partial charge on any atom is -0.350 e. The number of pyridine rings is 1. The van der Waals surface area contributed by atoms with Gasteiger partial charge in [0.1, 0.15) is 0 Å². The molecule has 0 unspecified atom stereocenters. The number of rotatable bonds is 7. The summed E-state index contributed by atoms with van der Waals surface area (Å²) in [7, 11) is 0. The quantitative estimate of drug-likeness (QED) is 0.810. The molecule has 1 aromatic rings. The molecule has 0 saturated heterocycles. The second kappa shape index (κ2) is 8.24. The molecule has 0 aliphatic rings. The smallest absolute Gasteiger partial charge is 0.252 e. The highest BCUT2D eigenvalue weighted by Gasteiger charge is 2.09. The second-order valence-corrected chi connectivity index (χ2v) is 4.36. The molecule has 0 aliphatic heterocycles. The van der Waals surface area contributed by atoms with E-state index in [4.69, 9.17) is 0 Å². The first-order valence-corrected chi connectivity index (χ1v) is 6.59. The van der Waals surface area contributed by atoms with Gasteiger partial charge in [0, 0.05) is 39.0 Å². The van der Waals surface area contributed by atoms with E-state index >= 15 is 0 Å². The number of carbonyl (C=O) groups is 2. The van der Waals surface area contributed by atoms with Crippen molar-refractivity contribution in [2.24, 2.45) is 0 Å². The van der Waals surface area contributed by atoms with Crippen molar-refractivity contribution in [1.82, 2.24) is 15.2 Å². The Hall–Kier alpha value is -1.91. The Balaban J connectivity index is 2.35. The molecule has 19 heavy (non-hydrogen) atoms. The van der Waals surface area contributed by atoms with Gasteiger partial charge in [0.15, 0.2) is 0 Å². The Morgan fingerprint density at radius 3 is 2.74 bits per heavy atom.